The highest BCUT2D eigenvalue weighted by Crippen LogP contribution is 2.23. The van der Waals surface area contributed by atoms with Crippen LogP contribution in [0.1, 0.15) is 51.3 Å². The predicted octanol–water partition coefficient (Wildman–Crippen LogP) is 3.45. The number of aryl methyl sites for hydroxylation is 1. The van der Waals surface area contributed by atoms with Gasteiger partial charge in [0.2, 0.25) is 11.8 Å². The number of nitrogens with zero attached hydrogens (tertiary/aromatic N) is 3. The Morgan fingerprint density at radius 1 is 1.24 bits per heavy atom. The molecule has 0 unspecified atom stereocenters. The van der Waals surface area contributed by atoms with E-state index in [-0.39, 0.29) is 11.8 Å². The molecule has 156 valence electrons. The standard InChI is InChI=1S/C23H32N4O2/c1-3-10-22(28)24-16-9-15-21-25-19-13-7-8-14-20(19)27(21)17-23(29)26(2)18-11-5-4-6-12-18/h3,7-8,10,13-14,18H,4-6,9,11-12,15-17H2,1-2H3,(H,24,28)/b10-3-. The zero-order chi connectivity index (χ0) is 20.6. The number of nitrogens with one attached hydrogen (secondary N) is 1. The third-order valence-electron chi connectivity index (χ3n) is 5.74. The second-order valence-corrected chi connectivity index (χ2v) is 7.79. The maximum Gasteiger partial charge on any atom is 0.243 e. The minimum atomic E-state index is -0.0784. The van der Waals surface area contributed by atoms with E-state index in [0.29, 0.717) is 25.6 Å². The van der Waals surface area contributed by atoms with Crippen LogP contribution in [0, 0.1) is 0 Å². The number of amides is 2. The van der Waals surface area contributed by atoms with Crippen LogP contribution < -0.4 is 5.32 Å². The van der Waals surface area contributed by atoms with E-state index in [9.17, 15) is 9.59 Å². The molecule has 6 heteroatoms. The molecule has 6 nitrogen and oxygen atoms in total. The van der Waals surface area contributed by atoms with Crippen LogP contribution in [0.15, 0.2) is 36.4 Å². The van der Waals surface area contributed by atoms with Crippen LogP contribution in [-0.4, -0.2) is 45.9 Å². The molecular formula is C23H32N4O2. The first-order valence-electron chi connectivity index (χ1n) is 10.7. The van der Waals surface area contributed by atoms with Gasteiger partial charge in [0.1, 0.15) is 12.4 Å². The van der Waals surface area contributed by atoms with Gasteiger partial charge in [0.15, 0.2) is 0 Å². The first-order chi connectivity index (χ1) is 14.1. The molecule has 0 spiro atoms. The van der Waals surface area contributed by atoms with Crippen molar-refractivity contribution in [1.29, 1.82) is 0 Å². The smallest absolute Gasteiger partial charge is 0.243 e. The molecule has 0 atom stereocenters. The molecule has 1 aromatic carbocycles. The molecule has 0 saturated heterocycles. The highest BCUT2D eigenvalue weighted by atomic mass is 16.2. The Morgan fingerprint density at radius 3 is 2.76 bits per heavy atom. The van der Waals surface area contributed by atoms with Gasteiger partial charge >= 0.3 is 0 Å². The summed E-state index contributed by atoms with van der Waals surface area (Å²) < 4.78 is 2.05. The Balaban J connectivity index is 1.69. The molecule has 1 aromatic heterocycles. The molecule has 1 saturated carbocycles. The van der Waals surface area contributed by atoms with E-state index < -0.39 is 0 Å². The van der Waals surface area contributed by atoms with Gasteiger partial charge in [-0.05, 0) is 44.4 Å². The molecule has 1 aliphatic rings. The molecule has 1 N–H and O–H groups in total. The second-order valence-electron chi connectivity index (χ2n) is 7.79. The highest BCUT2D eigenvalue weighted by molar-refractivity contribution is 5.87. The van der Waals surface area contributed by atoms with Crippen LogP contribution in [0.5, 0.6) is 0 Å². The number of benzene rings is 1. The lowest BCUT2D eigenvalue weighted by Crippen LogP contribution is -2.40. The van der Waals surface area contributed by atoms with Crippen LogP contribution in [0.3, 0.4) is 0 Å². The van der Waals surface area contributed by atoms with Gasteiger partial charge in [0.05, 0.1) is 11.0 Å². The Hall–Kier alpha value is -2.63. The molecule has 2 amide bonds. The summed E-state index contributed by atoms with van der Waals surface area (Å²) in [5.41, 5.74) is 1.90. The Morgan fingerprint density at radius 2 is 2.00 bits per heavy atom. The summed E-state index contributed by atoms with van der Waals surface area (Å²) in [6.45, 7) is 2.72. The van der Waals surface area contributed by atoms with Gasteiger partial charge in [-0.15, -0.1) is 0 Å². The summed E-state index contributed by atoms with van der Waals surface area (Å²) in [5.74, 6) is 0.963. The Labute approximate surface area is 173 Å². The van der Waals surface area contributed by atoms with Crippen molar-refractivity contribution >= 4 is 22.8 Å². The van der Waals surface area contributed by atoms with Crippen molar-refractivity contribution in [1.82, 2.24) is 19.8 Å². The van der Waals surface area contributed by atoms with E-state index in [0.717, 1.165) is 36.1 Å². The average Bonchev–Trinajstić information content (AvgIpc) is 3.09. The molecule has 29 heavy (non-hydrogen) atoms. The summed E-state index contributed by atoms with van der Waals surface area (Å²) in [5, 5.41) is 2.87. The van der Waals surface area contributed by atoms with E-state index in [1.54, 1.807) is 6.08 Å². The number of likely N-dealkylation sites (N-methyl/N-ethyl adjacent to an activating group) is 1. The fourth-order valence-corrected chi connectivity index (χ4v) is 4.08. The number of fused-ring (bicyclic) bond motifs is 1. The molecule has 0 bridgehead atoms. The Kier molecular flexibility index (Phi) is 7.44. The van der Waals surface area contributed by atoms with Crippen molar-refractivity contribution in [3.63, 3.8) is 0 Å². The number of hydrogen-bond acceptors (Lipinski definition) is 3. The van der Waals surface area contributed by atoms with Crippen LogP contribution in [0.4, 0.5) is 0 Å². The van der Waals surface area contributed by atoms with Crippen LogP contribution in [-0.2, 0) is 22.6 Å². The summed E-state index contributed by atoms with van der Waals surface area (Å²) in [6, 6.07) is 8.32. The van der Waals surface area contributed by atoms with E-state index in [4.69, 9.17) is 4.98 Å². The van der Waals surface area contributed by atoms with Gasteiger partial charge in [-0.2, -0.15) is 0 Å². The largest absolute Gasteiger partial charge is 0.353 e. The third kappa shape index (κ3) is 5.46. The third-order valence-corrected chi connectivity index (χ3v) is 5.74. The summed E-state index contributed by atoms with van der Waals surface area (Å²) in [6.07, 6.45) is 10.6. The summed E-state index contributed by atoms with van der Waals surface area (Å²) in [7, 11) is 1.94. The van der Waals surface area contributed by atoms with Crippen molar-refractivity contribution in [2.45, 2.75) is 64.5 Å². The molecule has 0 aliphatic heterocycles. The lowest BCUT2D eigenvalue weighted by Gasteiger charge is -2.31. The number of carbonyl (C=O) groups excluding carboxylic acids is 2. The van der Waals surface area contributed by atoms with E-state index in [1.807, 2.05) is 47.7 Å². The zero-order valence-electron chi connectivity index (χ0n) is 17.6. The van der Waals surface area contributed by atoms with Gasteiger partial charge in [-0.1, -0.05) is 37.5 Å². The first kappa shape index (κ1) is 21.1. The SMILES string of the molecule is C/C=C\C(=O)NCCCc1nc2ccccc2n1CC(=O)N(C)C1CCCCC1. The quantitative estimate of drug-likeness (QED) is 0.549. The van der Waals surface area contributed by atoms with Gasteiger partial charge < -0.3 is 14.8 Å². The molecular weight excluding hydrogens is 364 g/mol. The van der Waals surface area contributed by atoms with Crippen LogP contribution in [0.25, 0.3) is 11.0 Å². The fourth-order valence-electron chi connectivity index (χ4n) is 4.08. The number of aromatic nitrogens is 2. The van der Waals surface area contributed by atoms with E-state index in [2.05, 4.69) is 5.32 Å². The van der Waals surface area contributed by atoms with Gasteiger partial charge in [-0.25, -0.2) is 4.98 Å². The molecule has 2 aromatic rings. The van der Waals surface area contributed by atoms with Gasteiger partial charge in [0, 0.05) is 26.1 Å². The average molecular weight is 397 g/mol. The van der Waals surface area contributed by atoms with Crippen molar-refractivity contribution < 1.29 is 9.59 Å². The highest BCUT2D eigenvalue weighted by Gasteiger charge is 2.23. The molecule has 1 fully saturated rings. The van der Waals surface area contributed by atoms with E-state index >= 15 is 0 Å². The maximum atomic E-state index is 13.0. The van der Waals surface area contributed by atoms with Crippen molar-refractivity contribution in [3.8, 4) is 0 Å². The monoisotopic (exact) mass is 396 g/mol. The Bertz CT molecular complexity index is 865. The zero-order valence-corrected chi connectivity index (χ0v) is 17.6. The topological polar surface area (TPSA) is 67.2 Å². The van der Waals surface area contributed by atoms with E-state index in [1.165, 1.54) is 25.3 Å². The van der Waals surface area contributed by atoms with Crippen molar-refractivity contribution in [2.75, 3.05) is 13.6 Å². The molecule has 0 radical (unpaired) electrons. The van der Waals surface area contributed by atoms with Gasteiger partial charge in [0.25, 0.3) is 0 Å². The predicted molar refractivity (Wildman–Crippen MR) is 116 cm³/mol. The van der Waals surface area contributed by atoms with Crippen LogP contribution in [0.2, 0.25) is 0 Å². The number of allylic oxidation sites excluding steroid dienone is 1. The van der Waals surface area contributed by atoms with Crippen molar-refractivity contribution in [3.05, 3.63) is 42.2 Å². The minimum Gasteiger partial charge on any atom is -0.353 e. The van der Waals surface area contributed by atoms with Crippen LogP contribution >= 0.6 is 0 Å². The number of para-hydroxylation sites is 2. The number of hydrogen-bond donors (Lipinski definition) is 1. The second kappa shape index (κ2) is 10.2. The minimum absolute atomic E-state index is 0.0784. The van der Waals surface area contributed by atoms with Gasteiger partial charge in [-0.3, -0.25) is 9.59 Å². The summed E-state index contributed by atoms with van der Waals surface area (Å²) >= 11 is 0. The number of rotatable bonds is 8. The lowest BCUT2D eigenvalue weighted by atomic mass is 9.94. The summed E-state index contributed by atoms with van der Waals surface area (Å²) in [4.78, 5) is 31.3. The fraction of sp³-hybridized carbons (Fsp3) is 0.522. The maximum absolute atomic E-state index is 13.0. The normalized spacial score (nSPS) is 15.1. The molecule has 3 rings (SSSR count). The molecule has 1 aliphatic carbocycles. The van der Waals surface area contributed by atoms with Crippen molar-refractivity contribution in [2.24, 2.45) is 0 Å². The lowest BCUT2D eigenvalue weighted by molar-refractivity contribution is -0.133. The number of carbonyl (C=O) groups is 2. The first-order valence-corrected chi connectivity index (χ1v) is 10.7. The number of imidazole rings is 1. The molecule has 1 heterocycles.